The van der Waals surface area contributed by atoms with Crippen LogP contribution < -0.4 is 30.2 Å². The largest absolute Gasteiger partial charge is 0.493 e. The van der Waals surface area contributed by atoms with Crippen LogP contribution in [0.4, 0.5) is 5.82 Å². The van der Waals surface area contributed by atoms with E-state index in [0.29, 0.717) is 49.1 Å². The molecular formula is C44H49BrN6O6S. The molecule has 1 fully saturated rings. The van der Waals surface area contributed by atoms with Crippen LogP contribution in [0.15, 0.2) is 70.5 Å². The van der Waals surface area contributed by atoms with Crippen molar-refractivity contribution < 1.29 is 28.6 Å². The number of nitrogens with one attached hydrogen (secondary N) is 3. The van der Waals surface area contributed by atoms with Gasteiger partial charge in [-0.15, -0.1) is 11.3 Å². The van der Waals surface area contributed by atoms with Gasteiger partial charge in [0.1, 0.15) is 30.0 Å². The van der Waals surface area contributed by atoms with E-state index in [4.69, 9.17) is 24.2 Å². The van der Waals surface area contributed by atoms with Gasteiger partial charge in [-0.05, 0) is 81.1 Å². The molecule has 7 rings (SSSR count). The Morgan fingerprint density at radius 2 is 1.79 bits per heavy atom. The van der Waals surface area contributed by atoms with Crippen molar-refractivity contribution in [2.24, 2.45) is 0 Å². The Morgan fingerprint density at radius 3 is 2.59 bits per heavy atom. The number of halogens is 1. The number of imide groups is 1. The summed E-state index contributed by atoms with van der Waals surface area (Å²) in [5.41, 5.74) is 4.67. The van der Waals surface area contributed by atoms with Gasteiger partial charge in [-0.25, -0.2) is 9.97 Å². The quantitative estimate of drug-likeness (QED) is 0.0547. The predicted molar refractivity (Wildman–Crippen MR) is 228 cm³/mol. The zero-order valence-corrected chi connectivity index (χ0v) is 35.5. The Hall–Kier alpha value is -5.05. The molecular weight excluding hydrogens is 820 g/mol. The van der Waals surface area contributed by atoms with Crippen LogP contribution in [-0.2, 0) is 29.3 Å². The maximum atomic E-state index is 13.0. The second-order valence-corrected chi connectivity index (χ2v) is 16.6. The van der Waals surface area contributed by atoms with Crippen molar-refractivity contribution in [2.75, 3.05) is 25.6 Å². The highest BCUT2D eigenvalue weighted by molar-refractivity contribution is 9.10. The highest BCUT2D eigenvalue weighted by atomic mass is 79.9. The molecule has 0 radical (unpaired) electrons. The number of fused-ring (bicyclic) bond motifs is 2. The van der Waals surface area contributed by atoms with Gasteiger partial charge in [0.15, 0.2) is 11.5 Å². The topological polar surface area (TPSA) is 144 Å². The summed E-state index contributed by atoms with van der Waals surface area (Å²) in [7, 11) is 1.66. The molecule has 2 aromatic heterocycles. The van der Waals surface area contributed by atoms with Gasteiger partial charge in [-0.3, -0.25) is 19.7 Å². The highest BCUT2D eigenvalue weighted by Gasteiger charge is 2.40. The summed E-state index contributed by atoms with van der Waals surface area (Å²) in [6.07, 6.45) is 6.02. The van der Waals surface area contributed by atoms with Gasteiger partial charge in [0, 0.05) is 51.3 Å². The number of hydrogen-bond donors (Lipinski definition) is 3. The number of carbonyl (C=O) groups excluding carboxylic acids is 3. The second kappa shape index (κ2) is 19.1. The normalized spacial score (nSPS) is 15.7. The number of rotatable bonds is 19. The van der Waals surface area contributed by atoms with Crippen molar-refractivity contribution in [3.63, 3.8) is 0 Å². The van der Waals surface area contributed by atoms with Gasteiger partial charge >= 0.3 is 0 Å². The van der Waals surface area contributed by atoms with Crippen molar-refractivity contribution in [1.82, 2.24) is 25.5 Å². The van der Waals surface area contributed by atoms with Crippen molar-refractivity contribution in [1.29, 1.82) is 0 Å². The molecule has 0 saturated carbocycles. The first-order valence-electron chi connectivity index (χ1n) is 19.8. The Labute approximate surface area is 351 Å². The third-order valence-electron chi connectivity index (χ3n) is 10.6. The van der Waals surface area contributed by atoms with E-state index < -0.39 is 11.9 Å². The fraction of sp³-hybridized carbons (Fsp3) is 0.386. The van der Waals surface area contributed by atoms with E-state index >= 15 is 0 Å². The molecule has 0 bridgehead atoms. The molecule has 3 amide bonds. The van der Waals surface area contributed by atoms with E-state index in [0.717, 1.165) is 88.1 Å². The van der Waals surface area contributed by atoms with Crippen LogP contribution in [0.5, 0.6) is 17.2 Å². The summed E-state index contributed by atoms with van der Waals surface area (Å²) in [6, 6.07) is 19.6. The number of aryl methyl sites for hydroxylation is 1. The Bertz CT molecular complexity index is 2270. The van der Waals surface area contributed by atoms with Gasteiger partial charge in [0.2, 0.25) is 11.8 Å². The maximum absolute atomic E-state index is 13.0. The predicted octanol–water partition coefficient (Wildman–Crippen LogP) is 8.40. The highest BCUT2D eigenvalue weighted by Crippen LogP contribution is 2.37. The van der Waals surface area contributed by atoms with Crippen LogP contribution in [0.3, 0.4) is 0 Å². The fourth-order valence-corrected chi connectivity index (χ4v) is 8.74. The summed E-state index contributed by atoms with van der Waals surface area (Å²) < 4.78 is 19.0. The van der Waals surface area contributed by atoms with E-state index in [9.17, 15) is 14.4 Å². The van der Waals surface area contributed by atoms with Crippen LogP contribution in [-0.4, -0.2) is 58.9 Å². The lowest BCUT2D eigenvalue weighted by atomic mass is 10.0. The minimum absolute atomic E-state index is 0.0404. The van der Waals surface area contributed by atoms with Crippen molar-refractivity contribution in [3.05, 3.63) is 103 Å². The number of ether oxygens (including phenoxy) is 3. The third-order valence-corrected chi connectivity index (χ3v) is 12.1. The molecule has 2 aliphatic heterocycles. The molecule has 4 heterocycles. The van der Waals surface area contributed by atoms with Crippen molar-refractivity contribution >= 4 is 61.7 Å². The summed E-state index contributed by atoms with van der Waals surface area (Å²) in [4.78, 5) is 48.9. The zero-order valence-electron chi connectivity index (χ0n) is 33.1. The van der Waals surface area contributed by atoms with Gasteiger partial charge in [-0.1, -0.05) is 59.5 Å². The molecule has 58 heavy (non-hydrogen) atoms. The standard InChI is InChI=1S/C44H49BrN6O6S/c1-27(30-10-9-11-31(45)20-30)47-42-33-21-38(55-3)39(22-36(33)48-28(2)49-42)56-19-8-6-4-5-7-18-46-23-29-12-14-32(15-13-29)57-25-40-34-24-51(44(54)35(34)26-58-40)37-16-17-41(52)50-43(37)53/h9-15,20-22,26-27,37,46H,4-8,16-19,23-25H2,1-3H3,(H,47,48,49)(H,50,52,53)/t27-,37?/m1/s1. The average molecular weight is 870 g/mol. The molecule has 12 nitrogen and oxygen atoms in total. The lowest BCUT2D eigenvalue weighted by Crippen LogP contribution is -2.52. The van der Waals surface area contributed by atoms with Gasteiger partial charge in [0.05, 0.1) is 30.8 Å². The summed E-state index contributed by atoms with van der Waals surface area (Å²) in [5.74, 6) is 2.70. The number of nitrogens with zero attached hydrogens (tertiary/aromatic N) is 3. The second-order valence-electron chi connectivity index (χ2n) is 14.7. The van der Waals surface area contributed by atoms with Crippen LogP contribution >= 0.6 is 27.3 Å². The van der Waals surface area contributed by atoms with Gasteiger partial charge in [0.25, 0.3) is 5.91 Å². The molecule has 1 unspecified atom stereocenters. The Morgan fingerprint density at radius 1 is 0.983 bits per heavy atom. The number of carbonyl (C=O) groups is 3. The van der Waals surface area contributed by atoms with Gasteiger partial charge < -0.3 is 29.7 Å². The van der Waals surface area contributed by atoms with Crippen molar-refractivity contribution in [2.45, 2.75) is 90.6 Å². The molecule has 14 heteroatoms. The lowest BCUT2D eigenvalue weighted by molar-refractivity contribution is -0.136. The number of anilines is 1. The van der Waals surface area contributed by atoms with E-state index in [2.05, 4.69) is 63.1 Å². The number of amides is 3. The van der Waals surface area contributed by atoms with Crippen LogP contribution in [0.25, 0.3) is 10.9 Å². The zero-order chi connectivity index (χ0) is 40.6. The number of hydrogen-bond acceptors (Lipinski definition) is 11. The molecule has 5 aromatic rings. The lowest BCUT2D eigenvalue weighted by Gasteiger charge is -2.29. The molecule has 2 atom stereocenters. The smallest absolute Gasteiger partial charge is 0.256 e. The summed E-state index contributed by atoms with van der Waals surface area (Å²) >= 11 is 5.07. The first kappa shape index (κ1) is 41.1. The van der Waals surface area contributed by atoms with Crippen molar-refractivity contribution in [3.8, 4) is 17.2 Å². The van der Waals surface area contributed by atoms with Crippen LogP contribution in [0.2, 0.25) is 0 Å². The number of piperidine rings is 1. The van der Waals surface area contributed by atoms with Gasteiger partial charge in [-0.2, -0.15) is 0 Å². The monoisotopic (exact) mass is 868 g/mol. The Kier molecular flexibility index (Phi) is 13.6. The molecule has 2 aliphatic rings. The van der Waals surface area contributed by atoms with E-state index in [1.165, 1.54) is 16.9 Å². The average Bonchev–Trinajstić information content (AvgIpc) is 3.76. The van der Waals surface area contributed by atoms with E-state index in [1.807, 2.05) is 48.7 Å². The molecule has 0 spiro atoms. The molecule has 0 aliphatic carbocycles. The first-order chi connectivity index (χ1) is 28.2. The van der Waals surface area contributed by atoms with E-state index in [-0.39, 0.29) is 24.3 Å². The number of unbranched alkanes of at least 4 members (excludes halogenated alkanes) is 4. The number of methoxy groups -OCH3 is 1. The van der Waals surface area contributed by atoms with E-state index in [1.54, 1.807) is 12.0 Å². The summed E-state index contributed by atoms with van der Waals surface area (Å²) in [5, 5.41) is 12.2. The number of benzene rings is 3. The first-order valence-corrected chi connectivity index (χ1v) is 21.5. The Balaban J connectivity index is 0.782. The molecule has 3 aromatic carbocycles. The number of aromatic nitrogens is 2. The third kappa shape index (κ3) is 9.96. The minimum Gasteiger partial charge on any atom is -0.493 e. The van der Waals surface area contributed by atoms with Crippen LogP contribution in [0, 0.1) is 6.92 Å². The SMILES string of the molecule is COc1cc2c(N[C@H](C)c3cccc(Br)c3)nc(C)nc2cc1OCCCCCCCNCc1ccc(OCc2scc3c2CN(C2CCC(=O)NC2=O)C3=O)cc1. The fourth-order valence-electron chi connectivity index (χ4n) is 7.37. The molecule has 1 saturated heterocycles. The maximum Gasteiger partial charge on any atom is 0.256 e. The van der Waals surface area contributed by atoms with Crippen LogP contribution in [0.1, 0.15) is 95.7 Å². The number of thiophene rings is 1. The summed E-state index contributed by atoms with van der Waals surface area (Å²) in [6.45, 7) is 7.05. The molecule has 3 N–H and O–H groups in total. The minimum atomic E-state index is -0.617. The molecule has 304 valence electrons.